The summed E-state index contributed by atoms with van der Waals surface area (Å²) in [5.41, 5.74) is 3.72. The van der Waals surface area contributed by atoms with Crippen molar-refractivity contribution in [3.8, 4) is 0 Å². The van der Waals surface area contributed by atoms with Gasteiger partial charge < -0.3 is 15.4 Å². The van der Waals surface area contributed by atoms with Crippen molar-refractivity contribution in [2.24, 2.45) is 0 Å². The zero-order valence-corrected chi connectivity index (χ0v) is 16.6. The predicted molar refractivity (Wildman–Crippen MR) is 113 cm³/mol. The lowest BCUT2D eigenvalue weighted by Gasteiger charge is -2.13. The number of aromatic nitrogens is 2. The second kappa shape index (κ2) is 10.2. The highest BCUT2D eigenvalue weighted by molar-refractivity contribution is 5.89. The first-order valence-corrected chi connectivity index (χ1v) is 9.40. The van der Waals surface area contributed by atoms with Crippen molar-refractivity contribution < 1.29 is 9.53 Å². The number of ether oxygens (including phenoxy) is 1. The fourth-order valence-electron chi connectivity index (χ4n) is 2.81. The topological polar surface area (TPSA) is 88.2 Å². The van der Waals surface area contributed by atoms with Crippen LogP contribution in [0.25, 0.3) is 0 Å². The van der Waals surface area contributed by atoms with Gasteiger partial charge >= 0.3 is 6.03 Å². The van der Waals surface area contributed by atoms with E-state index in [0.29, 0.717) is 30.2 Å². The molecule has 1 aliphatic carbocycles. The number of nitrogens with one attached hydrogen (secondary N) is 3. The molecule has 1 heterocycles. The van der Waals surface area contributed by atoms with E-state index in [-0.39, 0.29) is 0 Å². The standard InChI is InChI=1S/C22H25N5O2/c1-16-12-25-21(15-24-16)27-22(28)26-19-10-6-9-18(11-20(19)29-2)14-23-13-17-7-4-3-5-8-17/h3-5,7-12,15,23H,6,13-14H2,1-2H3,(H2,25,26,27,28). The molecule has 0 aliphatic heterocycles. The number of amides is 2. The van der Waals surface area contributed by atoms with Crippen LogP contribution in [0.15, 0.2) is 78.0 Å². The fourth-order valence-corrected chi connectivity index (χ4v) is 2.81. The van der Waals surface area contributed by atoms with Crippen LogP contribution < -0.4 is 16.0 Å². The molecular formula is C22H25N5O2. The minimum Gasteiger partial charge on any atom is -0.495 e. The number of hydrogen-bond donors (Lipinski definition) is 3. The van der Waals surface area contributed by atoms with Crippen molar-refractivity contribution in [2.75, 3.05) is 19.0 Å². The van der Waals surface area contributed by atoms with Crippen LogP contribution >= 0.6 is 0 Å². The maximum Gasteiger partial charge on any atom is 0.324 e. The molecule has 29 heavy (non-hydrogen) atoms. The van der Waals surface area contributed by atoms with E-state index in [4.69, 9.17) is 4.74 Å². The van der Waals surface area contributed by atoms with E-state index in [1.807, 2.05) is 37.3 Å². The number of aryl methyl sites for hydroxylation is 1. The predicted octanol–water partition coefficient (Wildman–Crippen LogP) is 3.44. The van der Waals surface area contributed by atoms with Crippen LogP contribution in [0.1, 0.15) is 17.7 Å². The molecule has 150 valence electrons. The number of anilines is 1. The van der Waals surface area contributed by atoms with Gasteiger partial charge in [-0.15, -0.1) is 0 Å². The monoisotopic (exact) mass is 391 g/mol. The number of nitrogens with zero attached hydrogens (tertiary/aromatic N) is 2. The summed E-state index contributed by atoms with van der Waals surface area (Å²) in [5, 5.41) is 8.92. The quantitative estimate of drug-likeness (QED) is 0.673. The molecule has 0 saturated heterocycles. The molecule has 0 bridgehead atoms. The molecule has 0 atom stereocenters. The Morgan fingerprint density at radius 1 is 1.07 bits per heavy atom. The number of benzene rings is 1. The summed E-state index contributed by atoms with van der Waals surface area (Å²) >= 11 is 0. The molecule has 3 N–H and O–H groups in total. The van der Waals surface area contributed by atoms with Crippen molar-refractivity contribution in [1.29, 1.82) is 0 Å². The summed E-state index contributed by atoms with van der Waals surface area (Å²) in [5.74, 6) is 0.981. The number of hydrogen-bond acceptors (Lipinski definition) is 5. The van der Waals surface area contributed by atoms with Gasteiger partial charge in [-0.05, 0) is 30.6 Å². The summed E-state index contributed by atoms with van der Waals surface area (Å²) in [4.78, 5) is 20.5. The first-order valence-electron chi connectivity index (χ1n) is 9.40. The Morgan fingerprint density at radius 3 is 2.62 bits per heavy atom. The smallest absolute Gasteiger partial charge is 0.324 e. The molecule has 1 aromatic heterocycles. The molecular weight excluding hydrogens is 366 g/mol. The first-order chi connectivity index (χ1) is 14.1. The van der Waals surface area contributed by atoms with Crippen LogP contribution in [0.3, 0.4) is 0 Å². The lowest BCUT2D eigenvalue weighted by atomic mass is 10.2. The number of carbonyl (C=O) groups excluding carboxylic acids is 1. The van der Waals surface area contributed by atoms with Gasteiger partial charge in [-0.1, -0.05) is 42.5 Å². The highest BCUT2D eigenvalue weighted by Gasteiger charge is 2.13. The number of methoxy groups -OCH3 is 1. The molecule has 0 saturated carbocycles. The van der Waals surface area contributed by atoms with Crippen molar-refractivity contribution in [1.82, 2.24) is 20.6 Å². The zero-order valence-electron chi connectivity index (χ0n) is 16.6. The van der Waals surface area contributed by atoms with E-state index >= 15 is 0 Å². The lowest BCUT2D eigenvalue weighted by molar-refractivity contribution is 0.251. The second-order valence-electron chi connectivity index (χ2n) is 6.56. The molecule has 7 heteroatoms. The lowest BCUT2D eigenvalue weighted by Crippen LogP contribution is -2.29. The van der Waals surface area contributed by atoms with E-state index in [2.05, 4.69) is 44.1 Å². The third-order valence-corrected chi connectivity index (χ3v) is 4.28. The normalized spacial score (nSPS) is 13.5. The molecule has 7 nitrogen and oxygen atoms in total. The molecule has 0 fully saturated rings. The molecule has 2 aromatic rings. The largest absolute Gasteiger partial charge is 0.495 e. The van der Waals surface area contributed by atoms with Crippen LogP contribution in [0, 0.1) is 6.92 Å². The van der Waals surface area contributed by atoms with Crippen LogP contribution in [-0.2, 0) is 11.3 Å². The number of allylic oxidation sites excluding steroid dienone is 2. The minimum absolute atomic E-state index is 0.384. The summed E-state index contributed by atoms with van der Waals surface area (Å²) in [7, 11) is 1.59. The van der Waals surface area contributed by atoms with E-state index in [1.54, 1.807) is 13.3 Å². The summed E-state index contributed by atoms with van der Waals surface area (Å²) in [6.07, 6.45) is 9.75. The van der Waals surface area contributed by atoms with Crippen LogP contribution in [-0.4, -0.2) is 29.7 Å². The van der Waals surface area contributed by atoms with Gasteiger partial charge in [0.25, 0.3) is 0 Å². The average molecular weight is 391 g/mol. The zero-order chi connectivity index (χ0) is 20.5. The molecule has 0 radical (unpaired) electrons. The van der Waals surface area contributed by atoms with Crippen molar-refractivity contribution in [3.05, 3.63) is 89.2 Å². The molecule has 1 aromatic carbocycles. The van der Waals surface area contributed by atoms with Gasteiger partial charge in [0, 0.05) is 13.1 Å². The fraction of sp³-hybridized carbons (Fsp3) is 0.227. The highest BCUT2D eigenvalue weighted by atomic mass is 16.5. The Bertz CT molecular complexity index is 918. The van der Waals surface area contributed by atoms with E-state index in [9.17, 15) is 4.79 Å². The van der Waals surface area contributed by atoms with Crippen molar-refractivity contribution in [2.45, 2.75) is 19.9 Å². The first kappa shape index (κ1) is 20.3. The Labute approximate surface area is 170 Å². The number of carbonyl (C=O) groups is 1. The highest BCUT2D eigenvalue weighted by Crippen LogP contribution is 2.17. The summed E-state index contributed by atoms with van der Waals surface area (Å²) < 4.78 is 5.50. The molecule has 0 unspecified atom stereocenters. The van der Waals surface area contributed by atoms with Gasteiger partial charge in [0.1, 0.15) is 5.76 Å². The average Bonchev–Trinajstić information content (AvgIpc) is 2.92. The maximum atomic E-state index is 12.3. The Balaban J connectivity index is 1.56. The Kier molecular flexibility index (Phi) is 7.13. The second-order valence-corrected chi connectivity index (χ2v) is 6.56. The van der Waals surface area contributed by atoms with Crippen molar-refractivity contribution >= 4 is 11.8 Å². The van der Waals surface area contributed by atoms with E-state index < -0.39 is 6.03 Å². The summed E-state index contributed by atoms with van der Waals surface area (Å²) in [6.45, 7) is 3.32. The van der Waals surface area contributed by atoms with Gasteiger partial charge in [-0.2, -0.15) is 0 Å². The maximum absolute atomic E-state index is 12.3. The van der Waals surface area contributed by atoms with Crippen LogP contribution in [0.4, 0.5) is 10.6 Å². The minimum atomic E-state index is -0.400. The van der Waals surface area contributed by atoms with Gasteiger partial charge in [-0.3, -0.25) is 10.3 Å². The number of urea groups is 1. The van der Waals surface area contributed by atoms with Gasteiger partial charge in [0.15, 0.2) is 5.82 Å². The molecule has 0 spiro atoms. The third-order valence-electron chi connectivity index (χ3n) is 4.28. The van der Waals surface area contributed by atoms with Gasteiger partial charge in [-0.25, -0.2) is 9.78 Å². The van der Waals surface area contributed by atoms with Gasteiger partial charge in [0.05, 0.1) is 30.9 Å². The Morgan fingerprint density at radius 2 is 1.90 bits per heavy atom. The number of rotatable bonds is 7. The van der Waals surface area contributed by atoms with Crippen LogP contribution in [0.2, 0.25) is 0 Å². The van der Waals surface area contributed by atoms with Gasteiger partial charge in [0.2, 0.25) is 0 Å². The molecule has 3 rings (SSSR count). The van der Waals surface area contributed by atoms with E-state index in [1.165, 1.54) is 11.8 Å². The SMILES string of the molecule is COC1=CC(CNCc2ccccc2)=CCC=C1NC(=O)Nc1cnc(C)cn1. The van der Waals surface area contributed by atoms with Crippen molar-refractivity contribution in [3.63, 3.8) is 0 Å². The molecule has 1 aliphatic rings. The molecule has 2 amide bonds. The van der Waals surface area contributed by atoms with E-state index in [0.717, 1.165) is 17.8 Å². The summed E-state index contributed by atoms with van der Waals surface area (Å²) in [6, 6.07) is 9.84. The third kappa shape index (κ3) is 6.29. The van der Waals surface area contributed by atoms with Crippen LogP contribution in [0.5, 0.6) is 0 Å². The Hall–Kier alpha value is -3.45.